The lowest BCUT2D eigenvalue weighted by molar-refractivity contribution is 0.0217. The van der Waals surface area contributed by atoms with Crippen LogP contribution in [0, 0.1) is 11.8 Å². The predicted molar refractivity (Wildman–Crippen MR) is 68.3 cm³/mol. The van der Waals surface area contributed by atoms with E-state index in [0.29, 0.717) is 30.2 Å². The minimum atomic E-state index is -0.0721. The smallest absolute Gasteiger partial charge is 0.231 e. The van der Waals surface area contributed by atoms with Gasteiger partial charge in [0.05, 0.1) is 5.92 Å². The molecule has 0 saturated carbocycles. The zero-order valence-electron chi connectivity index (χ0n) is 11.6. The lowest BCUT2D eigenvalue weighted by Crippen LogP contribution is -2.13. The molecule has 1 aliphatic rings. The lowest BCUT2D eigenvalue weighted by Gasteiger charge is -2.16. The highest BCUT2D eigenvalue weighted by molar-refractivity contribution is 5.02. The molecule has 0 radical (unpaired) electrons. The molecule has 1 saturated heterocycles. The molecule has 3 atom stereocenters. The molecule has 1 aliphatic heterocycles. The highest BCUT2D eigenvalue weighted by atomic mass is 16.5. The van der Waals surface area contributed by atoms with Crippen molar-refractivity contribution in [3.05, 3.63) is 11.7 Å². The Morgan fingerprint density at radius 1 is 1.44 bits per heavy atom. The summed E-state index contributed by atoms with van der Waals surface area (Å²) in [7, 11) is 0. The number of hydrogen-bond acceptors (Lipinski definition) is 5. The molecule has 3 unspecified atom stereocenters. The Hall–Kier alpha value is -0.940. The van der Waals surface area contributed by atoms with Crippen molar-refractivity contribution >= 4 is 0 Å². The van der Waals surface area contributed by atoms with Gasteiger partial charge in [-0.25, -0.2) is 0 Å². The van der Waals surface area contributed by atoms with Crippen LogP contribution in [0.25, 0.3) is 0 Å². The van der Waals surface area contributed by atoms with Gasteiger partial charge in [-0.1, -0.05) is 25.9 Å². The van der Waals surface area contributed by atoms with Crippen molar-refractivity contribution < 1.29 is 9.26 Å². The van der Waals surface area contributed by atoms with Gasteiger partial charge < -0.3 is 14.6 Å². The first-order chi connectivity index (χ1) is 8.63. The number of nitrogens with zero attached hydrogens (tertiary/aromatic N) is 2. The molecule has 0 aromatic carbocycles. The van der Waals surface area contributed by atoms with E-state index in [-0.39, 0.29) is 6.10 Å². The van der Waals surface area contributed by atoms with Gasteiger partial charge in [-0.2, -0.15) is 4.98 Å². The van der Waals surface area contributed by atoms with E-state index >= 15 is 0 Å². The maximum absolute atomic E-state index is 5.69. The summed E-state index contributed by atoms with van der Waals surface area (Å²) in [6.45, 7) is 11.0. The van der Waals surface area contributed by atoms with Crippen LogP contribution in [-0.2, 0) is 4.74 Å². The fraction of sp³-hybridized carbons (Fsp3) is 0.846. The fourth-order valence-corrected chi connectivity index (χ4v) is 2.40. The predicted octanol–water partition coefficient (Wildman–Crippen LogP) is 2.13. The average Bonchev–Trinajstić information content (AvgIpc) is 2.93. The Kier molecular flexibility index (Phi) is 4.35. The first-order valence-corrected chi connectivity index (χ1v) is 6.79. The number of ether oxygens (including phenoxy) is 1. The molecular formula is C13H23N3O2. The molecule has 1 aromatic heterocycles. The van der Waals surface area contributed by atoms with E-state index in [0.717, 1.165) is 19.0 Å². The number of hydrogen-bond donors (Lipinski definition) is 1. The summed E-state index contributed by atoms with van der Waals surface area (Å²) in [6.07, 6.45) is -0.0721. The van der Waals surface area contributed by atoms with Gasteiger partial charge in [0.15, 0.2) is 0 Å². The molecule has 1 fully saturated rings. The van der Waals surface area contributed by atoms with Crippen LogP contribution in [-0.4, -0.2) is 29.8 Å². The summed E-state index contributed by atoms with van der Waals surface area (Å²) < 4.78 is 11.1. The van der Waals surface area contributed by atoms with Crippen molar-refractivity contribution in [2.24, 2.45) is 11.8 Å². The van der Waals surface area contributed by atoms with Gasteiger partial charge in [0.2, 0.25) is 11.7 Å². The van der Waals surface area contributed by atoms with E-state index in [1.165, 1.54) is 0 Å². The van der Waals surface area contributed by atoms with Gasteiger partial charge in [-0.05, 0) is 25.3 Å². The Labute approximate surface area is 108 Å². The minimum absolute atomic E-state index is 0.0721. The highest BCUT2D eigenvalue weighted by Crippen LogP contribution is 2.29. The van der Waals surface area contributed by atoms with Crippen molar-refractivity contribution in [2.75, 3.05) is 19.7 Å². The summed E-state index contributed by atoms with van der Waals surface area (Å²) >= 11 is 0. The Morgan fingerprint density at radius 2 is 2.22 bits per heavy atom. The third kappa shape index (κ3) is 2.72. The van der Waals surface area contributed by atoms with E-state index in [1.807, 2.05) is 6.92 Å². The standard InChI is InChI=1S/C13H23N3O2/c1-5-17-11(8(2)3)12-15-13(18-16-12)10-7-14-6-9(10)4/h8-11,14H,5-7H2,1-4H3. The molecule has 0 spiro atoms. The molecular weight excluding hydrogens is 230 g/mol. The quantitative estimate of drug-likeness (QED) is 0.871. The molecule has 1 aromatic rings. The SMILES string of the molecule is CCOC(c1noc(C2CNCC2C)n1)C(C)C. The van der Waals surface area contributed by atoms with Crippen LogP contribution in [0.1, 0.15) is 51.4 Å². The summed E-state index contributed by atoms with van der Waals surface area (Å²) in [5, 5.41) is 7.44. The number of aromatic nitrogens is 2. The van der Waals surface area contributed by atoms with Gasteiger partial charge in [0.1, 0.15) is 6.10 Å². The summed E-state index contributed by atoms with van der Waals surface area (Å²) in [6, 6.07) is 0. The summed E-state index contributed by atoms with van der Waals surface area (Å²) in [5.74, 6) is 2.65. The Balaban J connectivity index is 2.13. The van der Waals surface area contributed by atoms with E-state index in [1.54, 1.807) is 0 Å². The van der Waals surface area contributed by atoms with Crippen molar-refractivity contribution in [2.45, 2.75) is 39.7 Å². The van der Waals surface area contributed by atoms with Crippen molar-refractivity contribution in [3.8, 4) is 0 Å². The minimum Gasteiger partial charge on any atom is -0.370 e. The molecule has 18 heavy (non-hydrogen) atoms. The molecule has 1 N–H and O–H groups in total. The third-order valence-corrected chi connectivity index (χ3v) is 3.50. The Bertz CT molecular complexity index is 378. The van der Waals surface area contributed by atoms with Crippen LogP contribution < -0.4 is 5.32 Å². The summed E-state index contributed by atoms with van der Waals surface area (Å²) in [5.41, 5.74) is 0. The molecule has 0 amide bonds. The molecule has 5 heteroatoms. The van der Waals surface area contributed by atoms with Crippen molar-refractivity contribution in [1.82, 2.24) is 15.5 Å². The van der Waals surface area contributed by atoms with Crippen LogP contribution in [0.4, 0.5) is 0 Å². The number of nitrogens with one attached hydrogen (secondary N) is 1. The second-order valence-corrected chi connectivity index (χ2v) is 5.35. The Morgan fingerprint density at radius 3 is 2.78 bits per heavy atom. The zero-order chi connectivity index (χ0) is 13.1. The second-order valence-electron chi connectivity index (χ2n) is 5.35. The van der Waals surface area contributed by atoms with Crippen LogP contribution in [0.5, 0.6) is 0 Å². The van der Waals surface area contributed by atoms with Crippen LogP contribution in [0.3, 0.4) is 0 Å². The highest BCUT2D eigenvalue weighted by Gasteiger charge is 2.31. The fourth-order valence-electron chi connectivity index (χ4n) is 2.40. The van der Waals surface area contributed by atoms with Crippen LogP contribution in [0.15, 0.2) is 4.52 Å². The van der Waals surface area contributed by atoms with Gasteiger partial charge in [0, 0.05) is 13.2 Å². The van der Waals surface area contributed by atoms with Crippen LogP contribution in [0.2, 0.25) is 0 Å². The first-order valence-electron chi connectivity index (χ1n) is 6.79. The van der Waals surface area contributed by atoms with Gasteiger partial charge >= 0.3 is 0 Å². The molecule has 5 nitrogen and oxygen atoms in total. The average molecular weight is 253 g/mol. The normalized spacial score (nSPS) is 25.8. The third-order valence-electron chi connectivity index (χ3n) is 3.50. The van der Waals surface area contributed by atoms with E-state index in [4.69, 9.17) is 9.26 Å². The molecule has 2 heterocycles. The maximum Gasteiger partial charge on any atom is 0.231 e. The van der Waals surface area contributed by atoms with Crippen molar-refractivity contribution in [3.63, 3.8) is 0 Å². The molecule has 2 rings (SSSR count). The van der Waals surface area contributed by atoms with Gasteiger partial charge in [-0.3, -0.25) is 0 Å². The monoisotopic (exact) mass is 253 g/mol. The van der Waals surface area contributed by atoms with Crippen LogP contribution >= 0.6 is 0 Å². The lowest BCUT2D eigenvalue weighted by atomic mass is 9.98. The van der Waals surface area contributed by atoms with E-state index in [9.17, 15) is 0 Å². The topological polar surface area (TPSA) is 60.2 Å². The van der Waals surface area contributed by atoms with Gasteiger partial charge in [0.25, 0.3) is 0 Å². The van der Waals surface area contributed by atoms with Crippen molar-refractivity contribution in [1.29, 1.82) is 0 Å². The molecule has 0 aliphatic carbocycles. The molecule has 0 bridgehead atoms. The molecule has 102 valence electrons. The van der Waals surface area contributed by atoms with Gasteiger partial charge in [-0.15, -0.1) is 0 Å². The first kappa shape index (κ1) is 13.5. The number of rotatable bonds is 5. The maximum atomic E-state index is 5.69. The second kappa shape index (κ2) is 5.80. The van der Waals surface area contributed by atoms with E-state index < -0.39 is 0 Å². The van der Waals surface area contributed by atoms with E-state index in [2.05, 4.69) is 36.2 Å². The summed E-state index contributed by atoms with van der Waals surface area (Å²) in [4.78, 5) is 4.54. The largest absolute Gasteiger partial charge is 0.370 e. The zero-order valence-corrected chi connectivity index (χ0v) is 11.6.